The van der Waals surface area contributed by atoms with Crippen molar-refractivity contribution in [1.29, 1.82) is 0 Å². The predicted octanol–water partition coefficient (Wildman–Crippen LogP) is 5.07. The minimum absolute atomic E-state index is 0.0232. The first-order valence-corrected chi connectivity index (χ1v) is 16.7. The highest BCUT2D eigenvalue weighted by atomic mass is 32.2. The van der Waals surface area contributed by atoms with Gasteiger partial charge in [0.05, 0.1) is 31.9 Å². The van der Waals surface area contributed by atoms with Crippen molar-refractivity contribution in [2.75, 3.05) is 38.7 Å². The molecule has 0 saturated heterocycles. The van der Waals surface area contributed by atoms with Crippen LogP contribution in [-0.2, 0) is 32.6 Å². The van der Waals surface area contributed by atoms with Crippen molar-refractivity contribution in [3.63, 3.8) is 0 Å². The van der Waals surface area contributed by atoms with Crippen LogP contribution in [0.1, 0.15) is 24.5 Å². The molecule has 0 radical (unpaired) electrons. The topological polar surface area (TPSA) is 114 Å². The van der Waals surface area contributed by atoms with Crippen LogP contribution in [0.2, 0.25) is 0 Å². The second kappa shape index (κ2) is 16.5. The van der Waals surface area contributed by atoms with Gasteiger partial charge >= 0.3 is 0 Å². The van der Waals surface area contributed by atoms with E-state index in [1.165, 1.54) is 43.4 Å². The van der Waals surface area contributed by atoms with Crippen LogP contribution in [0.5, 0.6) is 17.2 Å². The Morgan fingerprint density at radius 3 is 2.09 bits per heavy atom. The summed E-state index contributed by atoms with van der Waals surface area (Å²) in [5.74, 6) is 0.410. The third kappa shape index (κ3) is 8.82. The molecular formula is C36H41N3O7S. The van der Waals surface area contributed by atoms with Crippen LogP contribution in [0, 0.1) is 0 Å². The van der Waals surface area contributed by atoms with Gasteiger partial charge in [-0.25, -0.2) is 8.42 Å². The number of para-hydroxylation sites is 2. The number of carbonyl (C=O) groups excluding carboxylic acids is 2. The Bertz CT molecular complexity index is 1730. The number of benzene rings is 4. The van der Waals surface area contributed by atoms with Crippen LogP contribution in [0.4, 0.5) is 5.69 Å². The molecule has 0 aromatic heterocycles. The molecule has 0 bridgehead atoms. The first kappa shape index (κ1) is 34.8. The largest absolute Gasteiger partial charge is 0.497 e. The second-order valence-electron chi connectivity index (χ2n) is 10.7. The molecule has 0 unspecified atom stereocenters. The molecule has 11 heteroatoms. The second-order valence-corrected chi connectivity index (χ2v) is 12.6. The fraction of sp³-hybridized carbons (Fsp3) is 0.278. The minimum atomic E-state index is -4.31. The minimum Gasteiger partial charge on any atom is -0.497 e. The molecular weight excluding hydrogens is 618 g/mol. The van der Waals surface area contributed by atoms with Crippen molar-refractivity contribution in [2.24, 2.45) is 0 Å². The first-order valence-electron chi connectivity index (χ1n) is 15.3. The summed E-state index contributed by atoms with van der Waals surface area (Å²) in [4.78, 5) is 29.8. The van der Waals surface area contributed by atoms with Gasteiger partial charge in [-0.05, 0) is 66.1 Å². The van der Waals surface area contributed by atoms with Crippen molar-refractivity contribution in [2.45, 2.75) is 37.2 Å². The Balaban J connectivity index is 1.83. The molecule has 2 amide bonds. The van der Waals surface area contributed by atoms with E-state index in [0.717, 1.165) is 9.87 Å². The molecule has 0 aliphatic carbocycles. The molecule has 4 aromatic rings. The van der Waals surface area contributed by atoms with Gasteiger partial charge in [-0.15, -0.1) is 0 Å². The normalized spacial score (nSPS) is 11.7. The average Bonchev–Trinajstić information content (AvgIpc) is 3.11. The van der Waals surface area contributed by atoms with E-state index in [1.807, 2.05) is 43.3 Å². The molecule has 10 nitrogen and oxygen atoms in total. The SMILES string of the molecule is CCCNC(=O)[C@H](Cc1ccccc1)N(Cc1cccc(OC)c1)C(=O)CN(c1ccccc1OC)S(=O)(=O)c1ccc(OC)cc1. The lowest BCUT2D eigenvalue weighted by atomic mass is 10.0. The highest BCUT2D eigenvalue weighted by molar-refractivity contribution is 7.92. The number of carbonyl (C=O) groups is 2. The lowest BCUT2D eigenvalue weighted by molar-refractivity contribution is -0.140. The number of rotatable bonds is 16. The molecule has 0 aliphatic rings. The number of amides is 2. The Hall–Kier alpha value is -5.03. The zero-order valence-corrected chi connectivity index (χ0v) is 27.9. The maximum absolute atomic E-state index is 14.6. The van der Waals surface area contributed by atoms with Gasteiger partial charge in [0.25, 0.3) is 10.0 Å². The highest BCUT2D eigenvalue weighted by Crippen LogP contribution is 2.33. The van der Waals surface area contributed by atoms with Gasteiger partial charge in [0.2, 0.25) is 11.8 Å². The monoisotopic (exact) mass is 659 g/mol. The Kier molecular flexibility index (Phi) is 12.2. The van der Waals surface area contributed by atoms with Gasteiger partial charge in [0.15, 0.2) is 0 Å². The number of methoxy groups -OCH3 is 3. The van der Waals surface area contributed by atoms with Crippen molar-refractivity contribution < 1.29 is 32.2 Å². The fourth-order valence-electron chi connectivity index (χ4n) is 5.11. The van der Waals surface area contributed by atoms with Gasteiger partial charge in [0.1, 0.15) is 29.8 Å². The van der Waals surface area contributed by atoms with Gasteiger partial charge < -0.3 is 24.4 Å². The van der Waals surface area contributed by atoms with E-state index < -0.39 is 28.5 Å². The number of hydrogen-bond donors (Lipinski definition) is 1. The predicted molar refractivity (Wildman–Crippen MR) is 181 cm³/mol. The Morgan fingerprint density at radius 1 is 0.766 bits per heavy atom. The number of nitrogens with one attached hydrogen (secondary N) is 1. The molecule has 4 aromatic carbocycles. The summed E-state index contributed by atoms with van der Waals surface area (Å²) in [5.41, 5.74) is 1.73. The van der Waals surface area contributed by atoms with Gasteiger partial charge in [-0.2, -0.15) is 0 Å². The third-order valence-corrected chi connectivity index (χ3v) is 9.36. The average molecular weight is 660 g/mol. The molecule has 0 fully saturated rings. The summed E-state index contributed by atoms with van der Waals surface area (Å²) in [6.45, 7) is 1.78. The molecule has 0 heterocycles. The van der Waals surface area contributed by atoms with Crippen LogP contribution in [-0.4, -0.2) is 65.6 Å². The van der Waals surface area contributed by atoms with E-state index in [9.17, 15) is 18.0 Å². The smallest absolute Gasteiger partial charge is 0.264 e. The maximum Gasteiger partial charge on any atom is 0.264 e. The number of anilines is 1. The first-order chi connectivity index (χ1) is 22.7. The standard InChI is InChI=1S/C36H41N3O7S/c1-5-22-37-36(41)33(24-27-12-7-6-8-13-27)38(25-28-14-11-15-30(23-28)45-3)35(40)26-39(32-16-9-10-17-34(32)46-4)47(42,43)31-20-18-29(44-2)19-21-31/h6-21,23,33H,5,22,24-26H2,1-4H3,(H,37,41)/t33-/m0/s1. The summed E-state index contributed by atoms with van der Waals surface area (Å²) in [5, 5.41) is 2.95. The summed E-state index contributed by atoms with van der Waals surface area (Å²) >= 11 is 0. The van der Waals surface area contributed by atoms with Crippen molar-refractivity contribution in [3.8, 4) is 17.2 Å². The Labute approximate surface area is 276 Å². The van der Waals surface area contributed by atoms with Crippen molar-refractivity contribution in [1.82, 2.24) is 10.2 Å². The van der Waals surface area contributed by atoms with Gasteiger partial charge in [-0.3, -0.25) is 13.9 Å². The maximum atomic E-state index is 14.6. The van der Waals surface area contributed by atoms with E-state index in [0.29, 0.717) is 30.0 Å². The van der Waals surface area contributed by atoms with E-state index in [2.05, 4.69) is 5.32 Å². The molecule has 0 spiro atoms. The number of hydrogen-bond acceptors (Lipinski definition) is 7. The van der Waals surface area contributed by atoms with E-state index in [4.69, 9.17) is 14.2 Å². The van der Waals surface area contributed by atoms with Crippen LogP contribution < -0.4 is 23.8 Å². The van der Waals surface area contributed by atoms with Crippen LogP contribution in [0.3, 0.4) is 0 Å². The Morgan fingerprint density at radius 2 is 1.43 bits per heavy atom. The number of nitrogens with zero attached hydrogens (tertiary/aromatic N) is 2. The van der Waals surface area contributed by atoms with Gasteiger partial charge in [0, 0.05) is 19.5 Å². The summed E-state index contributed by atoms with van der Waals surface area (Å²) in [6, 6.07) is 28.2. The summed E-state index contributed by atoms with van der Waals surface area (Å²) in [7, 11) is 0.157. The lowest BCUT2D eigenvalue weighted by Gasteiger charge is -2.34. The quantitative estimate of drug-likeness (QED) is 0.179. The molecule has 248 valence electrons. The third-order valence-electron chi connectivity index (χ3n) is 7.59. The molecule has 1 N–H and O–H groups in total. The molecule has 4 rings (SSSR count). The number of ether oxygens (including phenoxy) is 3. The van der Waals surface area contributed by atoms with Gasteiger partial charge in [-0.1, -0.05) is 61.5 Å². The van der Waals surface area contributed by atoms with Crippen LogP contribution in [0.15, 0.2) is 108 Å². The molecule has 1 atom stereocenters. The molecule has 0 aliphatic heterocycles. The van der Waals surface area contributed by atoms with E-state index in [-0.39, 0.29) is 35.2 Å². The molecule has 47 heavy (non-hydrogen) atoms. The van der Waals surface area contributed by atoms with Crippen molar-refractivity contribution in [3.05, 3.63) is 114 Å². The van der Waals surface area contributed by atoms with E-state index in [1.54, 1.807) is 49.6 Å². The van der Waals surface area contributed by atoms with Crippen LogP contribution in [0.25, 0.3) is 0 Å². The number of sulfonamides is 1. The zero-order valence-electron chi connectivity index (χ0n) is 27.1. The highest BCUT2D eigenvalue weighted by Gasteiger charge is 2.35. The summed E-state index contributed by atoms with van der Waals surface area (Å²) in [6.07, 6.45) is 0.918. The lowest BCUT2D eigenvalue weighted by Crippen LogP contribution is -2.53. The fourth-order valence-corrected chi connectivity index (χ4v) is 6.54. The van der Waals surface area contributed by atoms with Crippen molar-refractivity contribution >= 4 is 27.5 Å². The zero-order chi connectivity index (χ0) is 33.8. The summed E-state index contributed by atoms with van der Waals surface area (Å²) < 4.78 is 45.8. The van der Waals surface area contributed by atoms with E-state index >= 15 is 0 Å². The van der Waals surface area contributed by atoms with Crippen LogP contribution >= 0.6 is 0 Å². The molecule has 0 saturated carbocycles.